The molecule has 1 N–H and O–H groups in total. The number of carbonyl (C=O) groups excluding carboxylic acids is 1. The van der Waals surface area contributed by atoms with Crippen LogP contribution in [0, 0.1) is 5.41 Å². The summed E-state index contributed by atoms with van der Waals surface area (Å²) in [4.78, 5) is 13.7. The minimum Gasteiger partial charge on any atom is -0.487 e. The van der Waals surface area contributed by atoms with Crippen molar-refractivity contribution in [1.82, 2.24) is 0 Å². The van der Waals surface area contributed by atoms with Gasteiger partial charge in [0, 0.05) is 48.9 Å². The van der Waals surface area contributed by atoms with Crippen molar-refractivity contribution in [3.63, 3.8) is 0 Å². The molecule has 41 heavy (non-hydrogen) atoms. The summed E-state index contributed by atoms with van der Waals surface area (Å²) in [6, 6.07) is 15.3. The highest BCUT2D eigenvalue weighted by atomic mass is 16.6. The van der Waals surface area contributed by atoms with Crippen molar-refractivity contribution < 1.29 is 38.2 Å². The van der Waals surface area contributed by atoms with E-state index in [4.69, 9.17) is 28.3 Å². The molecule has 2 aliphatic heterocycles. The van der Waals surface area contributed by atoms with E-state index >= 15 is 0 Å². The Kier molecular flexibility index (Phi) is 9.04. The Balaban J connectivity index is 1.20. The fraction of sp³-hybridized carbons (Fsp3) is 0.531. The first-order valence-corrected chi connectivity index (χ1v) is 14.4. The summed E-state index contributed by atoms with van der Waals surface area (Å²) in [6.45, 7) is 9.82. The van der Waals surface area contributed by atoms with Gasteiger partial charge in [0.25, 0.3) is 0 Å². The fourth-order valence-corrected chi connectivity index (χ4v) is 5.64. The summed E-state index contributed by atoms with van der Waals surface area (Å²) in [5.41, 5.74) is 1.45. The van der Waals surface area contributed by atoms with Crippen LogP contribution in [0.2, 0.25) is 0 Å². The molecule has 8 nitrogen and oxygen atoms in total. The largest absolute Gasteiger partial charge is 0.493 e. The van der Waals surface area contributed by atoms with Gasteiger partial charge in [-0.2, -0.15) is 0 Å². The Morgan fingerprint density at radius 1 is 0.927 bits per heavy atom. The summed E-state index contributed by atoms with van der Waals surface area (Å²) < 4.78 is 34.6. The summed E-state index contributed by atoms with van der Waals surface area (Å²) in [6.07, 6.45) is 1.47. The van der Waals surface area contributed by atoms with E-state index in [2.05, 4.69) is 6.92 Å². The van der Waals surface area contributed by atoms with Crippen LogP contribution >= 0.6 is 0 Å². The lowest BCUT2D eigenvalue weighted by Crippen LogP contribution is -2.50. The highest BCUT2D eigenvalue weighted by Crippen LogP contribution is 2.47. The number of aliphatic hydroxyl groups is 1. The van der Waals surface area contributed by atoms with Gasteiger partial charge in [-0.1, -0.05) is 55.5 Å². The minimum absolute atomic E-state index is 0.167. The molecule has 220 valence electrons. The molecule has 5 rings (SSSR count). The molecule has 0 amide bonds. The van der Waals surface area contributed by atoms with E-state index < -0.39 is 12.7 Å². The van der Waals surface area contributed by atoms with Crippen LogP contribution in [0.1, 0.15) is 50.3 Å². The van der Waals surface area contributed by atoms with Gasteiger partial charge in [-0.25, -0.2) is 0 Å². The third kappa shape index (κ3) is 6.61. The number of fused-ring (bicyclic) bond motifs is 2. The van der Waals surface area contributed by atoms with Gasteiger partial charge in [-0.15, -0.1) is 0 Å². The van der Waals surface area contributed by atoms with Gasteiger partial charge in [0.05, 0.1) is 33.0 Å². The molecule has 1 aliphatic carbocycles. The molecule has 3 aliphatic rings. The van der Waals surface area contributed by atoms with Crippen LogP contribution < -0.4 is 5.46 Å². The number of methoxy groups -OCH3 is 1. The van der Waals surface area contributed by atoms with Gasteiger partial charge in [0.1, 0.15) is 11.4 Å². The maximum absolute atomic E-state index is 13.7. The zero-order valence-electron chi connectivity index (χ0n) is 24.6. The van der Waals surface area contributed by atoms with Gasteiger partial charge in [-0.05, 0) is 37.7 Å². The molecule has 1 unspecified atom stereocenters. The van der Waals surface area contributed by atoms with Gasteiger partial charge in [0.2, 0.25) is 0 Å². The molecule has 9 heteroatoms. The Hall–Kier alpha value is -2.53. The molecule has 2 aromatic carbocycles. The average Bonchev–Trinajstić information content (AvgIpc) is 2.96. The zero-order valence-corrected chi connectivity index (χ0v) is 24.6. The summed E-state index contributed by atoms with van der Waals surface area (Å²) in [5, 5.41) is 11.9. The number of rotatable bonds is 11. The first-order chi connectivity index (χ1) is 19.6. The van der Waals surface area contributed by atoms with Crippen LogP contribution in [0.4, 0.5) is 0 Å². The Morgan fingerprint density at radius 3 is 2.34 bits per heavy atom. The van der Waals surface area contributed by atoms with Crippen LogP contribution in [-0.4, -0.2) is 77.0 Å². The van der Waals surface area contributed by atoms with Crippen molar-refractivity contribution in [1.29, 1.82) is 0 Å². The smallest absolute Gasteiger partial charge is 0.487 e. The van der Waals surface area contributed by atoms with Crippen LogP contribution in [0.3, 0.4) is 0 Å². The van der Waals surface area contributed by atoms with E-state index in [-0.39, 0.29) is 23.2 Å². The lowest BCUT2D eigenvalue weighted by molar-refractivity contribution is -0.135. The lowest BCUT2D eigenvalue weighted by atomic mass is 9.71. The summed E-state index contributed by atoms with van der Waals surface area (Å²) in [5.74, 6) is 0.342. The molecule has 1 saturated heterocycles. The predicted molar refractivity (Wildman–Crippen MR) is 156 cm³/mol. The Labute approximate surface area is 243 Å². The molecule has 2 aromatic rings. The number of benzene rings is 2. The number of ketones is 1. The van der Waals surface area contributed by atoms with Crippen LogP contribution in [0.15, 0.2) is 54.1 Å². The van der Waals surface area contributed by atoms with Gasteiger partial charge < -0.3 is 33.4 Å². The highest BCUT2D eigenvalue weighted by Gasteiger charge is 2.49. The SMILES string of the molecule is COCCOCCOCC1(C)COB(c2ccc(CC3(O)C(=O)C4=C(OC(C)(C)CC4)c4ccccc43)cc2)OC1. The van der Waals surface area contributed by atoms with E-state index in [1.165, 1.54) is 0 Å². The zero-order chi connectivity index (χ0) is 29.1. The van der Waals surface area contributed by atoms with E-state index in [1.807, 2.05) is 62.4 Å². The van der Waals surface area contributed by atoms with E-state index in [9.17, 15) is 9.90 Å². The number of ether oxygens (including phenoxy) is 4. The maximum Gasteiger partial charge on any atom is 0.493 e. The Bertz CT molecular complexity index is 1250. The van der Waals surface area contributed by atoms with Gasteiger partial charge in [0.15, 0.2) is 11.4 Å². The molecule has 1 atom stereocenters. The normalized spacial score (nSPS) is 23.1. The lowest BCUT2D eigenvalue weighted by Gasteiger charge is -2.41. The Morgan fingerprint density at radius 2 is 1.61 bits per heavy atom. The molecule has 0 radical (unpaired) electrons. The topological polar surface area (TPSA) is 92.7 Å². The van der Waals surface area contributed by atoms with Crippen molar-refractivity contribution in [3.05, 3.63) is 70.8 Å². The summed E-state index contributed by atoms with van der Waals surface area (Å²) >= 11 is 0. The molecule has 0 aromatic heterocycles. The number of carbonyl (C=O) groups is 1. The molecule has 0 spiro atoms. The maximum atomic E-state index is 13.7. The third-order valence-corrected chi connectivity index (χ3v) is 8.03. The van der Waals surface area contributed by atoms with Crippen LogP contribution in [-0.2, 0) is 45.1 Å². The second kappa shape index (κ2) is 12.4. The van der Waals surface area contributed by atoms with Crippen LogP contribution in [0.5, 0.6) is 0 Å². The standard InChI is InChI=1S/C32H41BO8/c1-30(2)14-13-26-28(41-30)25-7-5-6-8-27(25)32(35,29(26)34)19-23-9-11-24(12-10-23)33-39-21-31(3,22-40-33)20-38-18-17-37-16-15-36-4/h5-12,35H,13-22H2,1-4H3. The van der Waals surface area contributed by atoms with Crippen molar-refractivity contribution in [2.24, 2.45) is 5.41 Å². The highest BCUT2D eigenvalue weighted by molar-refractivity contribution is 6.61. The monoisotopic (exact) mass is 564 g/mol. The van der Waals surface area contributed by atoms with E-state index in [0.29, 0.717) is 69.6 Å². The quantitative estimate of drug-likeness (QED) is 0.328. The number of Topliss-reactive ketones (excluding diaryl/α,β-unsaturated/α-hetero) is 1. The molecule has 2 heterocycles. The first-order valence-electron chi connectivity index (χ1n) is 14.4. The second-order valence-electron chi connectivity index (χ2n) is 12.2. The van der Waals surface area contributed by atoms with E-state index in [0.717, 1.165) is 23.0 Å². The fourth-order valence-electron chi connectivity index (χ4n) is 5.64. The van der Waals surface area contributed by atoms with Crippen molar-refractivity contribution in [2.75, 3.05) is 53.4 Å². The van der Waals surface area contributed by atoms with Crippen molar-refractivity contribution in [3.8, 4) is 0 Å². The second-order valence-corrected chi connectivity index (χ2v) is 12.2. The van der Waals surface area contributed by atoms with Crippen LogP contribution in [0.25, 0.3) is 5.76 Å². The average molecular weight is 564 g/mol. The number of hydrogen-bond acceptors (Lipinski definition) is 8. The number of hydrogen-bond donors (Lipinski definition) is 1. The van der Waals surface area contributed by atoms with Crippen molar-refractivity contribution in [2.45, 2.75) is 51.2 Å². The predicted octanol–water partition coefficient (Wildman–Crippen LogP) is 3.43. The minimum atomic E-state index is -1.66. The molecule has 0 saturated carbocycles. The first kappa shape index (κ1) is 29.9. The molecular weight excluding hydrogens is 523 g/mol. The van der Waals surface area contributed by atoms with E-state index in [1.54, 1.807) is 7.11 Å². The molecule has 0 bridgehead atoms. The third-order valence-electron chi connectivity index (χ3n) is 8.03. The van der Waals surface area contributed by atoms with Crippen molar-refractivity contribution >= 4 is 24.1 Å². The summed E-state index contributed by atoms with van der Waals surface area (Å²) in [7, 11) is 1.17. The molecular formula is C32H41BO8. The van der Waals surface area contributed by atoms with Gasteiger partial charge >= 0.3 is 7.12 Å². The van der Waals surface area contributed by atoms with Gasteiger partial charge in [-0.3, -0.25) is 4.79 Å². The molecule has 1 fully saturated rings.